The van der Waals surface area contributed by atoms with Gasteiger partial charge in [0.25, 0.3) is 5.91 Å². The second-order valence-electron chi connectivity index (χ2n) is 12.2. The SMILES string of the molecule is CCCC[C@H](NC(=O)O[C@@H]1CN(C(=O)OCc2ccccc2-c2ccccc2)CC1(C)C)C(=O)C(=O)N[C@H](C)c1ccccc1. The fourth-order valence-electron chi connectivity index (χ4n) is 5.45. The Morgan fingerprint density at radius 1 is 0.911 bits per heavy atom. The number of benzene rings is 3. The third-order valence-electron chi connectivity index (χ3n) is 8.14. The Kier molecular flexibility index (Phi) is 11.4. The average Bonchev–Trinajstić information content (AvgIpc) is 3.35. The minimum Gasteiger partial charge on any atom is -0.445 e. The first kappa shape index (κ1) is 33.2. The van der Waals surface area contributed by atoms with Gasteiger partial charge in [0.05, 0.1) is 12.6 Å². The third-order valence-corrected chi connectivity index (χ3v) is 8.14. The summed E-state index contributed by atoms with van der Waals surface area (Å²) in [4.78, 5) is 53.6. The number of hydrogen-bond donors (Lipinski definition) is 2. The van der Waals surface area contributed by atoms with Crippen molar-refractivity contribution in [3.05, 3.63) is 96.1 Å². The van der Waals surface area contributed by atoms with E-state index in [0.29, 0.717) is 19.4 Å². The van der Waals surface area contributed by atoms with Crippen molar-refractivity contribution in [2.24, 2.45) is 5.41 Å². The average molecular weight is 614 g/mol. The predicted octanol–water partition coefficient (Wildman–Crippen LogP) is 6.43. The van der Waals surface area contributed by atoms with Gasteiger partial charge in [0.1, 0.15) is 18.8 Å². The zero-order valence-corrected chi connectivity index (χ0v) is 26.5. The molecule has 3 aromatic rings. The Balaban J connectivity index is 1.33. The van der Waals surface area contributed by atoms with E-state index in [4.69, 9.17) is 9.47 Å². The first-order chi connectivity index (χ1) is 21.6. The molecule has 9 heteroatoms. The fraction of sp³-hybridized carbons (Fsp3) is 0.389. The Morgan fingerprint density at radius 2 is 1.56 bits per heavy atom. The molecular formula is C36H43N3O6. The lowest BCUT2D eigenvalue weighted by molar-refractivity contribution is -0.139. The largest absolute Gasteiger partial charge is 0.445 e. The van der Waals surface area contributed by atoms with E-state index >= 15 is 0 Å². The number of ether oxygens (including phenoxy) is 2. The van der Waals surface area contributed by atoms with Crippen molar-refractivity contribution in [1.82, 2.24) is 15.5 Å². The van der Waals surface area contributed by atoms with Gasteiger partial charge in [-0.1, -0.05) is 119 Å². The molecule has 3 amide bonds. The van der Waals surface area contributed by atoms with Crippen LogP contribution < -0.4 is 10.6 Å². The molecule has 0 spiro atoms. The van der Waals surface area contributed by atoms with Gasteiger partial charge >= 0.3 is 12.2 Å². The Bertz CT molecular complexity index is 1460. The summed E-state index contributed by atoms with van der Waals surface area (Å²) in [5.41, 5.74) is 3.20. The van der Waals surface area contributed by atoms with E-state index in [9.17, 15) is 19.2 Å². The summed E-state index contributed by atoms with van der Waals surface area (Å²) in [6, 6.07) is 25.6. The zero-order valence-electron chi connectivity index (χ0n) is 26.5. The molecule has 0 unspecified atom stereocenters. The number of hydrogen-bond acceptors (Lipinski definition) is 6. The van der Waals surface area contributed by atoms with Crippen molar-refractivity contribution in [3.8, 4) is 11.1 Å². The molecule has 45 heavy (non-hydrogen) atoms. The van der Waals surface area contributed by atoms with E-state index in [1.807, 2.05) is 106 Å². The summed E-state index contributed by atoms with van der Waals surface area (Å²) in [6.45, 7) is 8.13. The maximum Gasteiger partial charge on any atom is 0.410 e. The molecule has 4 rings (SSSR count). The smallest absolute Gasteiger partial charge is 0.410 e. The van der Waals surface area contributed by atoms with Crippen molar-refractivity contribution in [1.29, 1.82) is 0 Å². The second kappa shape index (κ2) is 15.4. The number of amides is 3. The van der Waals surface area contributed by atoms with Crippen LogP contribution in [-0.2, 0) is 25.7 Å². The van der Waals surface area contributed by atoms with E-state index in [2.05, 4.69) is 10.6 Å². The number of carbonyl (C=O) groups excluding carboxylic acids is 4. The fourth-order valence-corrected chi connectivity index (χ4v) is 5.45. The lowest BCUT2D eigenvalue weighted by Gasteiger charge is -2.26. The highest BCUT2D eigenvalue weighted by atomic mass is 16.6. The van der Waals surface area contributed by atoms with Crippen LogP contribution in [0.4, 0.5) is 9.59 Å². The van der Waals surface area contributed by atoms with Gasteiger partial charge in [-0.15, -0.1) is 0 Å². The standard InChI is InChI=1S/C36H43N3O6/c1-5-6-21-30(32(40)33(41)37-25(2)26-15-9-7-10-16-26)38-34(42)45-31-22-39(24-36(31,3)4)35(43)44-23-28-19-13-14-20-29(28)27-17-11-8-12-18-27/h7-20,25,30-31H,5-6,21-24H2,1-4H3,(H,37,41)(H,38,42)/t25-,30+,31-/m1/s1. The Labute approximate surface area is 265 Å². The number of alkyl carbamates (subject to hydrolysis) is 1. The van der Waals surface area contributed by atoms with Crippen molar-refractivity contribution in [3.63, 3.8) is 0 Å². The van der Waals surface area contributed by atoms with Crippen molar-refractivity contribution in [2.45, 2.75) is 71.8 Å². The van der Waals surface area contributed by atoms with Crippen LogP contribution in [-0.4, -0.2) is 54.0 Å². The molecule has 0 aliphatic carbocycles. The van der Waals surface area contributed by atoms with Crippen LogP contribution in [0.15, 0.2) is 84.9 Å². The highest BCUT2D eigenvalue weighted by Gasteiger charge is 2.45. The van der Waals surface area contributed by atoms with Crippen LogP contribution >= 0.6 is 0 Å². The Hall–Kier alpha value is -4.66. The summed E-state index contributed by atoms with van der Waals surface area (Å²) < 4.78 is 11.4. The zero-order chi connectivity index (χ0) is 32.4. The quantitative estimate of drug-likeness (QED) is 0.228. The van der Waals surface area contributed by atoms with Gasteiger partial charge in [0.2, 0.25) is 5.78 Å². The summed E-state index contributed by atoms with van der Waals surface area (Å²) in [7, 11) is 0. The molecule has 3 aromatic carbocycles. The van der Waals surface area contributed by atoms with Gasteiger partial charge in [-0.05, 0) is 35.6 Å². The predicted molar refractivity (Wildman–Crippen MR) is 172 cm³/mol. The molecule has 1 fully saturated rings. The number of likely N-dealkylation sites (tertiary alicyclic amines) is 1. The molecule has 1 aliphatic heterocycles. The number of ketones is 1. The molecule has 0 radical (unpaired) electrons. The number of carbonyl (C=O) groups is 4. The van der Waals surface area contributed by atoms with Crippen LogP contribution in [0.1, 0.15) is 64.1 Å². The highest BCUT2D eigenvalue weighted by molar-refractivity contribution is 6.38. The van der Waals surface area contributed by atoms with Gasteiger partial charge in [-0.25, -0.2) is 9.59 Å². The second-order valence-corrected chi connectivity index (χ2v) is 12.2. The molecule has 0 saturated carbocycles. The normalized spacial score (nSPS) is 16.7. The molecular weight excluding hydrogens is 570 g/mol. The number of nitrogens with zero attached hydrogens (tertiary/aromatic N) is 1. The molecule has 1 aliphatic rings. The van der Waals surface area contributed by atoms with Crippen LogP contribution in [0.5, 0.6) is 0 Å². The summed E-state index contributed by atoms with van der Waals surface area (Å²) in [6.07, 6.45) is -0.230. The monoisotopic (exact) mass is 613 g/mol. The van der Waals surface area contributed by atoms with Crippen LogP contribution in [0, 0.1) is 5.41 Å². The van der Waals surface area contributed by atoms with Gasteiger partial charge in [-0.2, -0.15) is 0 Å². The van der Waals surface area contributed by atoms with Crippen LogP contribution in [0.3, 0.4) is 0 Å². The van der Waals surface area contributed by atoms with Crippen molar-refractivity contribution in [2.75, 3.05) is 13.1 Å². The van der Waals surface area contributed by atoms with Gasteiger partial charge in [0.15, 0.2) is 0 Å². The van der Waals surface area contributed by atoms with Crippen LogP contribution in [0.2, 0.25) is 0 Å². The molecule has 238 valence electrons. The maximum absolute atomic E-state index is 13.1. The minimum atomic E-state index is -1.03. The third kappa shape index (κ3) is 8.94. The first-order valence-electron chi connectivity index (χ1n) is 15.5. The van der Waals surface area contributed by atoms with Gasteiger partial charge in [-0.3, -0.25) is 9.59 Å². The number of nitrogens with one attached hydrogen (secondary N) is 2. The van der Waals surface area contributed by atoms with E-state index in [1.54, 1.807) is 6.92 Å². The minimum absolute atomic E-state index is 0.0962. The number of unbranched alkanes of at least 4 members (excludes halogenated alkanes) is 1. The van der Waals surface area contributed by atoms with E-state index < -0.39 is 41.4 Å². The van der Waals surface area contributed by atoms with Crippen molar-refractivity contribution >= 4 is 23.9 Å². The highest BCUT2D eigenvalue weighted by Crippen LogP contribution is 2.33. The summed E-state index contributed by atoms with van der Waals surface area (Å²) in [5, 5.41) is 5.34. The maximum atomic E-state index is 13.1. The van der Waals surface area contributed by atoms with Crippen molar-refractivity contribution < 1.29 is 28.7 Å². The molecule has 1 heterocycles. The topological polar surface area (TPSA) is 114 Å². The Morgan fingerprint density at radius 3 is 2.24 bits per heavy atom. The lowest BCUT2D eigenvalue weighted by Crippen LogP contribution is -2.49. The molecule has 2 N–H and O–H groups in total. The van der Waals surface area contributed by atoms with Gasteiger partial charge < -0.3 is 25.0 Å². The summed E-state index contributed by atoms with van der Waals surface area (Å²) in [5.74, 6) is -1.49. The molecule has 3 atom stereocenters. The van der Waals surface area contributed by atoms with Crippen LogP contribution in [0.25, 0.3) is 11.1 Å². The van der Waals surface area contributed by atoms with Gasteiger partial charge in [0, 0.05) is 12.0 Å². The number of rotatable bonds is 12. The molecule has 0 bridgehead atoms. The first-order valence-corrected chi connectivity index (χ1v) is 15.5. The molecule has 0 aromatic heterocycles. The lowest BCUT2D eigenvalue weighted by atomic mass is 9.90. The van der Waals surface area contributed by atoms with E-state index in [1.165, 1.54) is 4.90 Å². The number of Topliss-reactive ketones (excluding diaryl/α,β-unsaturated/α-hetero) is 1. The molecule has 1 saturated heterocycles. The van der Waals surface area contributed by atoms with E-state index in [0.717, 1.165) is 28.7 Å². The molecule has 9 nitrogen and oxygen atoms in total. The van der Waals surface area contributed by atoms with E-state index in [-0.39, 0.29) is 19.2 Å². The summed E-state index contributed by atoms with van der Waals surface area (Å²) >= 11 is 0.